The van der Waals surface area contributed by atoms with Gasteiger partial charge in [0, 0.05) is 57.3 Å². The highest BCUT2D eigenvalue weighted by Gasteiger charge is 2.39. The lowest BCUT2D eigenvalue weighted by Crippen LogP contribution is -2.49. The normalized spacial score (nSPS) is 25.0. The molecule has 146 valence electrons. The van der Waals surface area contributed by atoms with Gasteiger partial charge in [-0.25, -0.2) is 10.0 Å². The minimum Gasteiger partial charge on any atom is -0.369 e. The summed E-state index contributed by atoms with van der Waals surface area (Å²) in [5.74, 6) is -0.0640. The molecule has 3 heterocycles. The van der Waals surface area contributed by atoms with E-state index in [1.54, 1.807) is 0 Å². The molecule has 3 saturated heterocycles. The number of imide groups is 1. The average Bonchev–Trinajstić information content (AvgIpc) is 3.22. The Morgan fingerprint density at radius 1 is 1.00 bits per heavy atom. The second-order valence-corrected chi connectivity index (χ2v) is 8.14. The fourth-order valence-corrected chi connectivity index (χ4v) is 4.76. The number of anilines is 1. The average molecular weight is 370 g/mol. The van der Waals surface area contributed by atoms with Gasteiger partial charge in [-0.1, -0.05) is 18.2 Å². The van der Waals surface area contributed by atoms with Crippen LogP contribution in [0.5, 0.6) is 0 Å². The molecule has 1 aromatic carbocycles. The van der Waals surface area contributed by atoms with E-state index in [1.165, 1.54) is 21.8 Å². The van der Waals surface area contributed by atoms with Crippen molar-refractivity contribution in [2.24, 2.45) is 0 Å². The molecule has 2 amide bonds. The number of carbonyl (C=O) groups is 2. The number of carbonyl (C=O) groups excluding carboxylic acids is 2. The first kappa shape index (κ1) is 18.4. The number of nitrogens with zero attached hydrogens (tertiary/aromatic N) is 4. The molecule has 0 aliphatic carbocycles. The third kappa shape index (κ3) is 3.60. The number of piperazine rings is 1. The molecule has 0 saturated carbocycles. The van der Waals surface area contributed by atoms with Crippen molar-refractivity contribution in [3.05, 3.63) is 29.3 Å². The van der Waals surface area contributed by atoms with Crippen LogP contribution in [-0.2, 0) is 16.0 Å². The maximum atomic E-state index is 12.2. The molecular formula is C21H30N4O2. The van der Waals surface area contributed by atoms with Crippen LogP contribution in [0.1, 0.15) is 36.8 Å². The number of hydrogen-bond acceptors (Lipinski definition) is 5. The van der Waals surface area contributed by atoms with E-state index in [-0.39, 0.29) is 17.9 Å². The highest BCUT2D eigenvalue weighted by molar-refractivity contribution is 6.01. The van der Waals surface area contributed by atoms with Crippen molar-refractivity contribution in [3.63, 3.8) is 0 Å². The van der Waals surface area contributed by atoms with Crippen LogP contribution in [0.25, 0.3) is 0 Å². The zero-order valence-corrected chi connectivity index (χ0v) is 16.5. The van der Waals surface area contributed by atoms with Gasteiger partial charge < -0.3 is 9.80 Å². The Bertz CT molecular complexity index is 711. The lowest BCUT2D eigenvalue weighted by atomic mass is 9.98. The van der Waals surface area contributed by atoms with Gasteiger partial charge in [0.15, 0.2) is 0 Å². The molecular weight excluding hydrogens is 340 g/mol. The molecule has 3 aliphatic heterocycles. The monoisotopic (exact) mass is 370 g/mol. The smallest absolute Gasteiger partial charge is 0.244 e. The van der Waals surface area contributed by atoms with Crippen molar-refractivity contribution in [2.45, 2.75) is 45.1 Å². The number of benzene rings is 1. The molecule has 0 bridgehead atoms. The van der Waals surface area contributed by atoms with E-state index in [9.17, 15) is 9.59 Å². The number of amides is 2. The van der Waals surface area contributed by atoms with E-state index >= 15 is 0 Å². The van der Waals surface area contributed by atoms with Crippen molar-refractivity contribution in [1.82, 2.24) is 14.9 Å². The second-order valence-electron chi connectivity index (χ2n) is 8.14. The number of likely N-dealkylation sites (N-methyl/N-ethyl adjacent to an activating group) is 1. The maximum absolute atomic E-state index is 12.2. The number of aryl methyl sites for hydroxylation is 1. The first-order chi connectivity index (χ1) is 13.0. The van der Waals surface area contributed by atoms with Crippen LogP contribution in [0.2, 0.25) is 0 Å². The molecule has 0 N–H and O–H groups in total. The topological polar surface area (TPSA) is 47.1 Å². The summed E-state index contributed by atoms with van der Waals surface area (Å²) in [5, 5.41) is 3.50. The Morgan fingerprint density at radius 3 is 2.41 bits per heavy atom. The van der Waals surface area contributed by atoms with E-state index in [0.29, 0.717) is 12.8 Å². The van der Waals surface area contributed by atoms with E-state index < -0.39 is 0 Å². The van der Waals surface area contributed by atoms with Gasteiger partial charge in [-0.3, -0.25) is 9.59 Å². The van der Waals surface area contributed by atoms with Crippen LogP contribution >= 0.6 is 0 Å². The standard InChI is InChI=1S/C21H30N4O2/c1-16-5-3-6-17(21(16)23-13-11-22(2)12-14-23)15-18-7-4-10-24(18)25-19(26)8-9-20(25)27/h3,5-6,18H,4,7-15H2,1-2H3. The molecule has 1 unspecified atom stereocenters. The Kier molecular flexibility index (Phi) is 5.19. The molecule has 4 rings (SSSR count). The van der Waals surface area contributed by atoms with Crippen molar-refractivity contribution < 1.29 is 9.59 Å². The zero-order chi connectivity index (χ0) is 19.0. The second kappa shape index (κ2) is 7.60. The van der Waals surface area contributed by atoms with Gasteiger partial charge >= 0.3 is 0 Å². The number of rotatable bonds is 4. The van der Waals surface area contributed by atoms with Crippen LogP contribution in [0.15, 0.2) is 18.2 Å². The van der Waals surface area contributed by atoms with Gasteiger partial charge in [0.2, 0.25) is 11.8 Å². The van der Waals surface area contributed by atoms with Crippen molar-refractivity contribution >= 4 is 17.5 Å². The van der Waals surface area contributed by atoms with Crippen molar-refractivity contribution in [3.8, 4) is 0 Å². The molecule has 3 fully saturated rings. The number of hydrogen-bond donors (Lipinski definition) is 0. The Hall–Kier alpha value is -1.92. The molecule has 0 spiro atoms. The number of hydrazine groups is 1. The molecule has 0 radical (unpaired) electrons. The third-order valence-electron chi connectivity index (χ3n) is 6.22. The Balaban J connectivity index is 1.56. The van der Waals surface area contributed by atoms with Gasteiger partial charge in [-0.05, 0) is 44.4 Å². The van der Waals surface area contributed by atoms with Crippen LogP contribution in [0.4, 0.5) is 5.69 Å². The van der Waals surface area contributed by atoms with Crippen LogP contribution in [-0.4, -0.2) is 72.5 Å². The lowest BCUT2D eigenvalue weighted by molar-refractivity contribution is -0.158. The van der Waals surface area contributed by atoms with Gasteiger partial charge in [0.25, 0.3) is 0 Å². The Labute approximate surface area is 161 Å². The predicted octanol–water partition coefficient (Wildman–Crippen LogP) is 1.82. The fourth-order valence-electron chi connectivity index (χ4n) is 4.76. The molecule has 6 heteroatoms. The highest BCUT2D eigenvalue weighted by Crippen LogP contribution is 2.32. The minimum atomic E-state index is -0.0320. The summed E-state index contributed by atoms with van der Waals surface area (Å²) >= 11 is 0. The SMILES string of the molecule is Cc1cccc(CC2CCCN2N2C(=O)CCC2=O)c1N1CCN(C)CC1. The fraction of sp³-hybridized carbons (Fsp3) is 0.619. The van der Waals surface area contributed by atoms with Crippen LogP contribution in [0.3, 0.4) is 0 Å². The molecule has 0 aromatic heterocycles. The maximum Gasteiger partial charge on any atom is 0.244 e. The van der Waals surface area contributed by atoms with E-state index in [4.69, 9.17) is 0 Å². The van der Waals surface area contributed by atoms with Gasteiger partial charge in [-0.2, -0.15) is 0 Å². The van der Waals surface area contributed by atoms with E-state index in [1.807, 2.05) is 5.01 Å². The number of para-hydroxylation sites is 1. The summed E-state index contributed by atoms with van der Waals surface area (Å²) in [6, 6.07) is 6.78. The lowest BCUT2D eigenvalue weighted by Gasteiger charge is -2.37. The van der Waals surface area contributed by atoms with Gasteiger partial charge in [0.1, 0.15) is 0 Å². The first-order valence-corrected chi connectivity index (χ1v) is 10.2. The molecule has 1 atom stereocenters. The molecule has 27 heavy (non-hydrogen) atoms. The molecule has 1 aromatic rings. The molecule has 6 nitrogen and oxygen atoms in total. The Morgan fingerprint density at radius 2 is 1.70 bits per heavy atom. The van der Waals surface area contributed by atoms with Crippen molar-refractivity contribution in [1.29, 1.82) is 0 Å². The zero-order valence-electron chi connectivity index (χ0n) is 16.5. The first-order valence-electron chi connectivity index (χ1n) is 10.2. The minimum absolute atomic E-state index is 0.0320. The summed E-state index contributed by atoms with van der Waals surface area (Å²) in [6.45, 7) is 7.26. The highest BCUT2D eigenvalue weighted by atomic mass is 16.2. The quantitative estimate of drug-likeness (QED) is 0.757. The third-order valence-corrected chi connectivity index (χ3v) is 6.22. The predicted molar refractivity (Wildman–Crippen MR) is 105 cm³/mol. The van der Waals surface area contributed by atoms with Crippen LogP contribution in [0, 0.1) is 6.92 Å². The molecule has 3 aliphatic rings. The summed E-state index contributed by atoms with van der Waals surface area (Å²) in [7, 11) is 2.18. The van der Waals surface area contributed by atoms with Crippen LogP contribution < -0.4 is 4.90 Å². The summed E-state index contributed by atoms with van der Waals surface area (Å²) in [5.41, 5.74) is 4.02. The van der Waals surface area contributed by atoms with Crippen molar-refractivity contribution in [2.75, 3.05) is 44.7 Å². The summed E-state index contributed by atoms with van der Waals surface area (Å²) in [6.07, 6.45) is 3.68. The van der Waals surface area contributed by atoms with Gasteiger partial charge in [-0.15, -0.1) is 0 Å². The summed E-state index contributed by atoms with van der Waals surface area (Å²) < 4.78 is 0. The largest absolute Gasteiger partial charge is 0.369 e. The van der Waals surface area contributed by atoms with E-state index in [2.05, 4.69) is 42.0 Å². The van der Waals surface area contributed by atoms with Gasteiger partial charge in [0.05, 0.1) is 0 Å². The van der Waals surface area contributed by atoms with E-state index in [0.717, 1.165) is 52.0 Å². The summed E-state index contributed by atoms with van der Waals surface area (Å²) in [4.78, 5) is 29.3.